The lowest BCUT2D eigenvalue weighted by Gasteiger charge is -2.30. The molecular weight excluding hydrogens is 314 g/mol. The Balaban J connectivity index is 0.00000242. The van der Waals surface area contributed by atoms with Crippen molar-refractivity contribution in [1.82, 2.24) is 10.6 Å². The molecule has 0 spiro atoms. The third-order valence-corrected chi connectivity index (χ3v) is 3.62. The van der Waals surface area contributed by atoms with Gasteiger partial charge in [-0.3, -0.25) is 4.79 Å². The number of rotatable bonds is 5. The van der Waals surface area contributed by atoms with E-state index in [2.05, 4.69) is 22.3 Å². The molecule has 7 heteroatoms. The second-order valence-electron chi connectivity index (χ2n) is 5.26. The second-order valence-corrected chi connectivity index (χ2v) is 5.26. The Kier molecular flexibility index (Phi) is 7.55. The van der Waals surface area contributed by atoms with Crippen LogP contribution < -0.4 is 15.4 Å². The number of carbonyl (C=O) groups is 1. The van der Waals surface area contributed by atoms with E-state index >= 15 is 0 Å². The van der Waals surface area contributed by atoms with Gasteiger partial charge in [0.1, 0.15) is 5.75 Å². The summed E-state index contributed by atoms with van der Waals surface area (Å²) in [4.78, 5) is 12.0. The Morgan fingerprint density at radius 2 is 2.09 bits per heavy atom. The second kappa shape index (κ2) is 8.90. The Labute approximate surface area is 135 Å². The Hall–Kier alpha value is -1.40. The summed E-state index contributed by atoms with van der Waals surface area (Å²) < 4.78 is 28.3. The third-order valence-electron chi connectivity index (χ3n) is 3.62. The van der Waals surface area contributed by atoms with E-state index in [-0.39, 0.29) is 42.6 Å². The molecule has 0 saturated carbocycles. The van der Waals surface area contributed by atoms with Gasteiger partial charge >= 0.3 is 6.61 Å². The van der Waals surface area contributed by atoms with Gasteiger partial charge in [-0.15, -0.1) is 12.4 Å². The molecule has 1 saturated heterocycles. The van der Waals surface area contributed by atoms with E-state index in [0.717, 1.165) is 24.9 Å². The summed E-state index contributed by atoms with van der Waals surface area (Å²) in [5, 5.41) is 6.34. The molecule has 1 amide bonds. The molecule has 1 heterocycles. The van der Waals surface area contributed by atoms with Gasteiger partial charge in [0.25, 0.3) is 0 Å². The number of halogens is 3. The summed E-state index contributed by atoms with van der Waals surface area (Å²) in [5.41, 5.74) is 0.769. The summed E-state index contributed by atoms with van der Waals surface area (Å²) in [7, 11) is 0. The van der Waals surface area contributed by atoms with Crippen LogP contribution in [-0.4, -0.2) is 31.1 Å². The first kappa shape index (κ1) is 18.6. The Morgan fingerprint density at radius 3 is 2.68 bits per heavy atom. The van der Waals surface area contributed by atoms with Gasteiger partial charge in [-0.05, 0) is 44.0 Å². The van der Waals surface area contributed by atoms with Crippen molar-refractivity contribution >= 4 is 18.3 Å². The summed E-state index contributed by atoms with van der Waals surface area (Å²) in [6.45, 7) is 0.208. The van der Waals surface area contributed by atoms with Gasteiger partial charge < -0.3 is 15.4 Å². The first-order valence-corrected chi connectivity index (χ1v) is 7.11. The standard InChI is InChI=1S/C15H20F2N2O2.ClH/c1-10-13(3-2-8-18-10)19-14(20)9-11-4-6-12(7-5-11)21-15(16)17;/h4-7,10,13,15,18H,2-3,8-9H2,1H3,(H,19,20);1H. The van der Waals surface area contributed by atoms with Crippen molar-refractivity contribution in [1.29, 1.82) is 0 Å². The third kappa shape index (κ3) is 5.77. The molecule has 0 bridgehead atoms. The van der Waals surface area contributed by atoms with Crippen molar-refractivity contribution in [3.05, 3.63) is 29.8 Å². The molecular formula is C15H21ClF2N2O2. The first-order valence-electron chi connectivity index (χ1n) is 7.11. The van der Waals surface area contributed by atoms with Crippen molar-refractivity contribution in [3.63, 3.8) is 0 Å². The number of nitrogens with one attached hydrogen (secondary N) is 2. The molecule has 1 aliphatic heterocycles. The fourth-order valence-electron chi connectivity index (χ4n) is 2.47. The number of alkyl halides is 2. The van der Waals surface area contributed by atoms with Gasteiger partial charge in [0.2, 0.25) is 5.91 Å². The number of benzene rings is 1. The largest absolute Gasteiger partial charge is 0.435 e. The SMILES string of the molecule is CC1NCCCC1NC(=O)Cc1ccc(OC(F)F)cc1.Cl. The summed E-state index contributed by atoms with van der Waals surface area (Å²) in [6, 6.07) is 6.55. The molecule has 124 valence electrons. The van der Waals surface area contributed by atoms with Crippen molar-refractivity contribution in [2.45, 2.75) is 44.9 Å². The maximum atomic E-state index is 12.0. The highest BCUT2D eigenvalue weighted by molar-refractivity contribution is 5.85. The monoisotopic (exact) mass is 334 g/mol. The lowest BCUT2D eigenvalue weighted by atomic mass is 9.99. The molecule has 2 unspecified atom stereocenters. The van der Waals surface area contributed by atoms with E-state index in [1.165, 1.54) is 12.1 Å². The van der Waals surface area contributed by atoms with E-state index in [1.807, 2.05) is 0 Å². The van der Waals surface area contributed by atoms with Crippen LogP contribution in [0.5, 0.6) is 5.75 Å². The van der Waals surface area contributed by atoms with Gasteiger partial charge in [-0.1, -0.05) is 12.1 Å². The van der Waals surface area contributed by atoms with Crippen LogP contribution in [0.15, 0.2) is 24.3 Å². The first-order chi connectivity index (χ1) is 10.0. The smallest absolute Gasteiger partial charge is 0.387 e. The number of hydrogen-bond acceptors (Lipinski definition) is 3. The topological polar surface area (TPSA) is 50.4 Å². The molecule has 1 fully saturated rings. The molecule has 2 atom stereocenters. The molecule has 2 rings (SSSR count). The normalized spacial score (nSPS) is 21.1. The zero-order chi connectivity index (χ0) is 15.2. The van der Waals surface area contributed by atoms with E-state index in [9.17, 15) is 13.6 Å². The van der Waals surface area contributed by atoms with Crippen LogP contribution in [-0.2, 0) is 11.2 Å². The fraction of sp³-hybridized carbons (Fsp3) is 0.533. The van der Waals surface area contributed by atoms with Crippen LogP contribution in [0.25, 0.3) is 0 Å². The average Bonchev–Trinajstić information content (AvgIpc) is 2.43. The lowest BCUT2D eigenvalue weighted by molar-refractivity contribution is -0.121. The highest BCUT2D eigenvalue weighted by Crippen LogP contribution is 2.15. The number of piperidine rings is 1. The minimum Gasteiger partial charge on any atom is -0.435 e. The molecule has 1 aromatic carbocycles. The highest BCUT2D eigenvalue weighted by atomic mass is 35.5. The molecule has 1 aliphatic rings. The molecule has 0 aromatic heterocycles. The number of hydrogen-bond donors (Lipinski definition) is 2. The highest BCUT2D eigenvalue weighted by Gasteiger charge is 2.22. The molecule has 2 N–H and O–H groups in total. The number of carbonyl (C=O) groups excluding carboxylic acids is 1. The molecule has 4 nitrogen and oxygen atoms in total. The van der Waals surface area contributed by atoms with Crippen LogP contribution >= 0.6 is 12.4 Å². The van der Waals surface area contributed by atoms with E-state index in [1.54, 1.807) is 12.1 Å². The Bertz CT molecular complexity index is 471. The summed E-state index contributed by atoms with van der Waals surface area (Å²) in [5.74, 6) is 0.0392. The minimum atomic E-state index is -2.83. The van der Waals surface area contributed by atoms with Crippen LogP contribution in [0, 0.1) is 0 Å². The zero-order valence-electron chi connectivity index (χ0n) is 12.4. The van der Waals surface area contributed by atoms with Crippen LogP contribution in [0.3, 0.4) is 0 Å². The number of ether oxygens (including phenoxy) is 1. The van der Waals surface area contributed by atoms with Crippen molar-refractivity contribution in [2.75, 3.05) is 6.54 Å². The van der Waals surface area contributed by atoms with Gasteiger partial charge in [0, 0.05) is 12.1 Å². The van der Waals surface area contributed by atoms with Gasteiger partial charge in [0.15, 0.2) is 0 Å². The molecule has 0 aliphatic carbocycles. The lowest BCUT2D eigenvalue weighted by Crippen LogP contribution is -2.52. The van der Waals surface area contributed by atoms with Crippen LogP contribution in [0.2, 0.25) is 0 Å². The number of amides is 1. The van der Waals surface area contributed by atoms with Crippen molar-refractivity contribution < 1.29 is 18.3 Å². The molecule has 0 radical (unpaired) electrons. The maximum Gasteiger partial charge on any atom is 0.387 e. The Morgan fingerprint density at radius 1 is 1.41 bits per heavy atom. The summed E-state index contributed by atoms with van der Waals surface area (Å²) in [6.07, 6.45) is 2.26. The minimum absolute atomic E-state index is 0. The van der Waals surface area contributed by atoms with Crippen molar-refractivity contribution in [2.24, 2.45) is 0 Å². The molecule has 1 aromatic rings. The van der Waals surface area contributed by atoms with Gasteiger partial charge in [0.05, 0.1) is 6.42 Å². The van der Waals surface area contributed by atoms with Crippen LogP contribution in [0.4, 0.5) is 8.78 Å². The molecule has 22 heavy (non-hydrogen) atoms. The van der Waals surface area contributed by atoms with Gasteiger partial charge in [-0.2, -0.15) is 8.78 Å². The van der Waals surface area contributed by atoms with E-state index in [4.69, 9.17) is 0 Å². The maximum absolute atomic E-state index is 12.0. The average molecular weight is 335 g/mol. The predicted molar refractivity (Wildman–Crippen MR) is 82.7 cm³/mol. The van der Waals surface area contributed by atoms with Crippen LogP contribution in [0.1, 0.15) is 25.3 Å². The quantitative estimate of drug-likeness (QED) is 0.870. The predicted octanol–water partition coefficient (Wildman–Crippen LogP) is 2.51. The summed E-state index contributed by atoms with van der Waals surface area (Å²) >= 11 is 0. The van der Waals surface area contributed by atoms with E-state index in [0.29, 0.717) is 0 Å². The fourth-order valence-corrected chi connectivity index (χ4v) is 2.47. The van der Waals surface area contributed by atoms with Crippen molar-refractivity contribution in [3.8, 4) is 5.75 Å². The van der Waals surface area contributed by atoms with E-state index < -0.39 is 6.61 Å². The zero-order valence-corrected chi connectivity index (χ0v) is 13.2. The van der Waals surface area contributed by atoms with Gasteiger partial charge in [-0.25, -0.2) is 0 Å².